The molecule has 1 aromatic rings. The quantitative estimate of drug-likeness (QED) is 0.601. The Morgan fingerprint density at radius 3 is 2.60 bits per heavy atom. The highest BCUT2D eigenvalue weighted by Gasteiger charge is 2.19. The van der Waals surface area contributed by atoms with Gasteiger partial charge in [0.25, 0.3) is 0 Å². The largest absolute Gasteiger partial charge is 0.311 e. The molecule has 1 nitrogen and oxygen atoms in total. The molecular weight excluding hydrogens is 122 g/mol. The molecule has 0 saturated carbocycles. The summed E-state index contributed by atoms with van der Waals surface area (Å²) < 4.78 is 0. The van der Waals surface area contributed by atoms with Crippen LogP contribution in [-0.2, 0) is 6.42 Å². The molecule has 0 aromatic heterocycles. The standard InChI is InChI=1S/C9H11N/c1-2-4-8(5-3-1)6-9-7-10-9/h1-5,9-10H,6-7H2. The Balaban J connectivity index is 2.03. The molecule has 0 spiro atoms. The van der Waals surface area contributed by atoms with Crippen LogP contribution in [0.4, 0.5) is 0 Å². The van der Waals surface area contributed by atoms with E-state index in [1.807, 2.05) is 0 Å². The molecule has 0 amide bonds. The molecule has 1 saturated heterocycles. The topological polar surface area (TPSA) is 21.9 Å². The minimum Gasteiger partial charge on any atom is -0.311 e. The molecule has 1 heterocycles. The lowest BCUT2D eigenvalue weighted by Crippen LogP contribution is -1.95. The van der Waals surface area contributed by atoms with Crippen LogP contribution in [0.5, 0.6) is 0 Å². The molecule has 1 aliphatic rings. The Bertz CT molecular complexity index is 201. The van der Waals surface area contributed by atoms with Crippen molar-refractivity contribution in [3.63, 3.8) is 0 Å². The molecule has 1 unspecified atom stereocenters. The van der Waals surface area contributed by atoms with Gasteiger partial charge in [0.1, 0.15) is 0 Å². The fourth-order valence-corrected chi connectivity index (χ4v) is 1.13. The third kappa shape index (κ3) is 1.36. The molecule has 10 heavy (non-hydrogen) atoms. The molecule has 1 aliphatic heterocycles. The van der Waals surface area contributed by atoms with Crippen molar-refractivity contribution in [3.05, 3.63) is 35.9 Å². The van der Waals surface area contributed by atoms with Crippen molar-refractivity contribution < 1.29 is 0 Å². The number of nitrogens with one attached hydrogen (secondary N) is 1. The van der Waals surface area contributed by atoms with E-state index in [-0.39, 0.29) is 0 Å². The van der Waals surface area contributed by atoms with Crippen molar-refractivity contribution in [1.82, 2.24) is 5.32 Å². The molecule has 1 fully saturated rings. The van der Waals surface area contributed by atoms with Crippen molar-refractivity contribution in [2.45, 2.75) is 12.5 Å². The lowest BCUT2D eigenvalue weighted by atomic mass is 10.1. The zero-order chi connectivity index (χ0) is 6.81. The number of rotatable bonds is 2. The van der Waals surface area contributed by atoms with Gasteiger partial charge in [0.2, 0.25) is 0 Å². The smallest absolute Gasteiger partial charge is 0.0233 e. The van der Waals surface area contributed by atoms with Gasteiger partial charge in [-0.1, -0.05) is 30.3 Å². The van der Waals surface area contributed by atoms with Crippen molar-refractivity contribution >= 4 is 0 Å². The average molecular weight is 133 g/mol. The maximum Gasteiger partial charge on any atom is 0.0233 e. The van der Waals surface area contributed by atoms with Gasteiger partial charge in [-0.05, 0) is 12.0 Å². The van der Waals surface area contributed by atoms with E-state index in [4.69, 9.17) is 0 Å². The van der Waals surface area contributed by atoms with Crippen LogP contribution in [0.1, 0.15) is 5.56 Å². The zero-order valence-corrected chi connectivity index (χ0v) is 5.88. The predicted octanol–water partition coefficient (Wildman–Crippen LogP) is 1.20. The molecule has 52 valence electrons. The van der Waals surface area contributed by atoms with Gasteiger partial charge in [0, 0.05) is 12.6 Å². The van der Waals surface area contributed by atoms with Gasteiger partial charge >= 0.3 is 0 Å². The first-order valence-electron chi connectivity index (χ1n) is 3.72. The summed E-state index contributed by atoms with van der Waals surface area (Å²) >= 11 is 0. The highest BCUT2D eigenvalue weighted by molar-refractivity contribution is 5.17. The Hall–Kier alpha value is -0.820. The third-order valence-electron chi connectivity index (χ3n) is 1.82. The normalized spacial score (nSPS) is 22.6. The summed E-state index contributed by atoms with van der Waals surface area (Å²) in [6, 6.07) is 11.4. The van der Waals surface area contributed by atoms with Gasteiger partial charge in [0.15, 0.2) is 0 Å². The van der Waals surface area contributed by atoms with Gasteiger partial charge in [-0.15, -0.1) is 0 Å². The van der Waals surface area contributed by atoms with E-state index in [9.17, 15) is 0 Å². The summed E-state index contributed by atoms with van der Waals surface area (Å²) in [5.41, 5.74) is 1.44. The summed E-state index contributed by atoms with van der Waals surface area (Å²) in [7, 11) is 0. The number of hydrogen-bond donors (Lipinski definition) is 1. The molecular formula is C9H11N. The van der Waals surface area contributed by atoms with Gasteiger partial charge in [0.05, 0.1) is 0 Å². The SMILES string of the molecule is c1ccc(CC2CN2)cc1. The number of benzene rings is 1. The Morgan fingerprint density at radius 2 is 2.00 bits per heavy atom. The van der Waals surface area contributed by atoms with E-state index in [2.05, 4.69) is 35.6 Å². The first-order valence-corrected chi connectivity index (χ1v) is 3.72. The summed E-state index contributed by atoms with van der Waals surface area (Å²) in [6.45, 7) is 1.20. The van der Waals surface area contributed by atoms with E-state index in [0.717, 1.165) is 6.04 Å². The van der Waals surface area contributed by atoms with Crippen LogP contribution >= 0.6 is 0 Å². The Morgan fingerprint density at radius 1 is 1.30 bits per heavy atom. The second-order valence-corrected chi connectivity index (χ2v) is 2.79. The number of hydrogen-bond acceptors (Lipinski definition) is 1. The van der Waals surface area contributed by atoms with E-state index in [1.54, 1.807) is 0 Å². The molecule has 0 radical (unpaired) electrons. The minimum absolute atomic E-state index is 0.766. The van der Waals surface area contributed by atoms with Crippen molar-refractivity contribution in [1.29, 1.82) is 0 Å². The van der Waals surface area contributed by atoms with Crippen LogP contribution in [-0.4, -0.2) is 12.6 Å². The van der Waals surface area contributed by atoms with Crippen molar-refractivity contribution in [3.8, 4) is 0 Å². The molecule has 1 N–H and O–H groups in total. The fraction of sp³-hybridized carbons (Fsp3) is 0.333. The van der Waals surface area contributed by atoms with Crippen LogP contribution in [0.2, 0.25) is 0 Å². The lowest BCUT2D eigenvalue weighted by Gasteiger charge is -1.94. The van der Waals surface area contributed by atoms with Gasteiger partial charge in [-0.3, -0.25) is 0 Å². The second-order valence-electron chi connectivity index (χ2n) is 2.79. The fourth-order valence-electron chi connectivity index (χ4n) is 1.13. The summed E-state index contributed by atoms with van der Waals surface area (Å²) in [5, 5.41) is 3.28. The van der Waals surface area contributed by atoms with Gasteiger partial charge < -0.3 is 5.32 Å². The maximum atomic E-state index is 3.28. The highest BCUT2D eigenvalue weighted by Crippen LogP contribution is 2.07. The van der Waals surface area contributed by atoms with Crippen molar-refractivity contribution in [2.24, 2.45) is 0 Å². The van der Waals surface area contributed by atoms with E-state index >= 15 is 0 Å². The van der Waals surface area contributed by atoms with Crippen molar-refractivity contribution in [2.75, 3.05) is 6.54 Å². The Labute approximate surface area is 61.1 Å². The van der Waals surface area contributed by atoms with Crippen LogP contribution < -0.4 is 5.32 Å². The first-order chi connectivity index (χ1) is 4.95. The minimum atomic E-state index is 0.766. The van der Waals surface area contributed by atoms with E-state index in [1.165, 1.54) is 18.5 Å². The summed E-state index contributed by atoms with van der Waals surface area (Å²) in [6.07, 6.45) is 1.20. The van der Waals surface area contributed by atoms with E-state index < -0.39 is 0 Å². The Kier molecular flexibility index (Phi) is 1.44. The third-order valence-corrected chi connectivity index (χ3v) is 1.82. The average Bonchev–Trinajstić information content (AvgIpc) is 2.74. The molecule has 2 rings (SSSR count). The zero-order valence-electron chi connectivity index (χ0n) is 5.88. The summed E-state index contributed by atoms with van der Waals surface area (Å²) in [5.74, 6) is 0. The molecule has 1 aromatic carbocycles. The molecule has 0 bridgehead atoms. The van der Waals surface area contributed by atoms with Crippen LogP contribution in [0.3, 0.4) is 0 Å². The van der Waals surface area contributed by atoms with Crippen LogP contribution in [0, 0.1) is 0 Å². The lowest BCUT2D eigenvalue weighted by molar-refractivity contribution is 0.930. The van der Waals surface area contributed by atoms with Gasteiger partial charge in [-0.2, -0.15) is 0 Å². The first kappa shape index (κ1) is 5.93. The van der Waals surface area contributed by atoms with Crippen LogP contribution in [0.15, 0.2) is 30.3 Å². The monoisotopic (exact) mass is 133 g/mol. The van der Waals surface area contributed by atoms with E-state index in [0.29, 0.717) is 0 Å². The molecule has 0 aliphatic carbocycles. The predicted molar refractivity (Wildman–Crippen MR) is 41.9 cm³/mol. The molecule has 1 heteroatoms. The maximum absolute atomic E-state index is 3.28. The van der Waals surface area contributed by atoms with Crippen LogP contribution in [0.25, 0.3) is 0 Å². The molecule has 1 atom stereocenters. The van der Waals surface area contributed by atoms with Gasteiger partial charge in [-0.25, -0.2) is 0 Å². The second kappa shape index (κ2) is 2.43. The highest BCUT2D eigenvalue weighted by atomic mass is 15.1. The summed E-state index contributed by atoms with van der Waals surface area (Å²) in [4.78, 5) is 0.